The molecule has 0 N–H and O–H groups in total. The van der Waals surface area contributed by atoms with Gasteiger partial charge < -0.3 is 13.9 Å². The number of rotatable bonds is 8. The fourth-order valence-electron chi connectivity index (χ4n) is 3.58. The fourth-order valence-corrected chi connectivity index (χ4v) is 4.13. The van der Waals surface area contributed by atoms with E-state index >= 15 is 0 Å². The van der Waals surface area contributed by atoms with E-state index in [1.54, 1.807) is 11.9 Å². The van der Waals surface area contributed by atoms with E-state index in [4.69, 9.17) is 16.3 Å². The summed E-state index contributed by atoms with van der Waals surface area (Å²) in [5.74, 6) is 2.20. The van der Waals surface area contributed by atoms with Gasteiger partial charge in [0.05, 0.1) is 6.61 Å². The SMILES string of the molecule is CSN(C)c1ccc(OC[C@H]2CN(CCc3cccc(Cl)c3)CC2C)cc1. The lowest BCUT2D eigenvalue weighted by atomic mass is 9.99. The maximum absolute atomic E-state index is 6.09. The Morgan fingerprint density at radius 2 is 1.96 bits per heavy atom. The molecule has 0 spiro atoms. The Balaban J connectivity index is 1.45. The molecule has 1 saturated heterocycles. The summed E-state index contributed by atoms with van der Waals surface area (Å²) in [6.07, 6.45) is 3.12. The Morgan fingerprint density at radius 3 is 2.67 bits per heavy atom. The highest BCUT2D eigenvalue weighted by atomic mass is 35.5. The average molecular weight is 405 g/mol. The molecule has 1 heterocycles. The zero-order valence-electron chi connectivity index (χ0n) is 16.4. The number of likely N-dealkylation sites (tertiary alicyclic amines) is 1. The van der Waals surface area contributed by atoms with E-state index in [0.717, 1.165) is 43.4 Å². The lowest BCUT2D eigenvalue weighted by molar-refractivity contribution is 0.225. The van der Waals surface area contributed by atoms with Crippen LogP contribution in [0, 0.1) is 11.8 Å². The monoisotopic (exact) mass is 404 g/mol. The number of ether oxygens (including phenoxy) is 1. The van der Waals surface area contributed by atoms with E-state index in [0.29, 0.717) is 11.8 Å². The van der Waals surface area contributed by atoms with Gasteiger partial charge in [0, 0.05) is 49.6 Å². The molecule has 1 aliphatic heterocycles. The molecule has 3 rings (SSSR count). The molecule has 2 atom stereocenters. The van der Waals surface area contributed by atoms with Crippen LogP contribution in [0.15, 0.2) is 48.5 Å². The van der Waals surface area contributed by atoms with Crippen molar-refractivity contribution < 1.29 is 4.74 Å². The summed E-state index contributed by atoms with van der Waals surface area (Å²) < 4.78 is 8.23. The van der Waals surface area contributed by atoms with Crippen LogP contribution in [-0.2, 0) is 6.42 Å². The predicted molar refractivity (Wildman–Crippen MR) is 118 cm³/mol. The van der Waals surface area contributed by atoms with Gasteiger partial charge in [-0.05, 0) is 54.3 Å². The molecule has 0 aliphatic carbocycles. The Labute approximate surface area is 172 Å². The molecule has 1 fully saturated rings. The summed E-state index contributed by atoms with van der Waals surface area (Å²) in [6.45, 7) is 6.45. The summed E-state index contributed by atoms with van der Waals surface area (Å²) in [4.78, 5) is 2.55. The van der Waals surface area contributed by atoms with Gasteiger partial charge in [-0.3, -0.25) is 0 Å². The molecule has 0 radical (unpaired) electrons. The van der Waals surface area contributed by atoms with E-state index in [9.17, 15) is 0 Å². The van der Waals surface area contributed by atoms with Gasteiger partial charge in [-0.2, -0.15) is 0 Å². The first kappa shape index (κ1) is 20.4. The van der Waals surface area contributed by atoms with Crippen molar-refractivity contribution in [3.63, 3.8) is 0 Å². The van der Waals surface area contributed by atoms with Gasteiger partial charge in [0.15, 0.2) is 0 Å². The van der Waals surface area contributed by atoms with Crippen molar-refractivity contribution in [2.24, 2.45) is 11.8 Å². The van der Waals surface area contributed by atoms with E-state index in [1.165, 1.54) is 11.3 Å². The van der Waals surface area contributed by atoms with Gasteiger partial charge >= 0.3 is 0 Å². The van der Waals surface area contributed by atoms with Crippen molar-refractivity contribution >= 4 is 29.2 Å². The van der Waals surface area contributed by atoms with Crippen molar-refractivity contribution in [2.45, 2.75) is 13.3 Å². The van der Waals surface area contributed by atoms with Crippen LogP contribution in [0.4, 0.5) is 5.69 Å². The third-order valence-corrected chi connectivity index (χ3v) is 6.38. The second kappa shape index (κ2) is 9.72. The quantitative estimate of drug-likeness (QED) is 0.558. The van der Waals surface area contributed by atoms with Crippen LogP contribution in [0.3, 0.4) is 0 Å². The Morgan fingerprint density at radius 1 is 1.19 bits per heavy atom. The molecule has 0 aromatic heterocycles. The molecule has 2 aromatic rings. The highest BCUT2D eigenvalue weighted by Crippen LogP contribution is 2.26. The molecule has 0 saturated carbocycles. The van der Waals surface area contributed by atoms with Crippen LogP contribution < -0.4 is 9.04 Å². The number of nitrogens with zero attached hydrogens (tertiary/aromatic N) is 2. The van der Waals surface area contributed by atoms with Gasteiger partial charge in [-0.15, -0.1) is 0 Å². The third-order valence-electron chi connectivity index (χ3n) is 5.39. The highest BCUT2D eigenvalue weighted by Gasteiger charge is 2.29. The van der Waals surface area contributed by atoms with Gasteiger partial charge in [-0.1, -0.05) is 42.6 Å². The van der Waals surface area contributed by atoms with Crippen LogP contribution in [0.2, 0.25) is 5.02 Å². The molecule has 0 amide bonds. The molecule has 2 aromatic carbocycles. The molecule has 0 bridgehead atoms. The zero-order chi connectivity index (χ0) is 19.2. The molecule has 146 valence electrons. The number of hydrogen-bond donors (Lipinski definition) is 0. The lowest BCUT2D eigenvalue weighted by Crippen LogP contribution is -2.24. The van der Waals surface area contributed by atoms with E-state index in [2.05, 4.69) is 65.8 Å². The topological polar surface area (TPSA) is 15.7 Å². The Kier molecular flexibility index (Phi) is 7.33. The molecule has 3 nitrogen and oxygen atoms in total. The first-order valence-corrected chi connectivity index (χ1v) is 11.1. The largest absolute Gasteiger partial charge is 0.493 e. The highest BCUT2D eigenvalue weighted by molar-refractivity contribution is 7.99. The third kappa shape index (κ3) is 5.81. The maximum atomic E-state index is 6.09. The summed E-state index contributed by atoms with van der Waals surface area (Å²) in [5.41, 5.74) is 2.50. The second-order valence-electron chi connectivity index (χ2n) is 7.36. The molecule has 1 aliphatic rings. The number of benzene rings is 2. The zero-order valence-corrected chi connectivity index (χ0v) is 18.0. The first-order chi connectivity index (χ1) is 13.0. The minimum absolute atomic E-state index is 0.581. The molecule has 1 unspecified atom stereocenters. The predicted octanol–water partition coefficient (Wildman–Crippen LogP) is 5.24. The number of hydrogen-bond acceptors (Lipinski definition) is 4. The number of anilines is 1. The summed E-state index contributed by atoms with van der Waals surface area (Å²) >= 11 is 7.79. The van der Waals surface area contributed by atoms with E-state index in [1.807, 2.05) is 12.1 Å². The van der Waals surface area contributed by atoms with Crippen LogP contribution in [-0.4, -0.2) is 44.4 Å². The normalized spacial score (nSPS) is 20.0. The van der Waals surface area contributed by atoms with Crippen LogP contribution in [0.1, 0.15) is 12.5 Å². The summed E-state index contributed by atoms with van der Waals surface area (Å²) in [5, 5.41) is 0.823. The first-order valence-electron chi connectivity index (χ1n) is 9.52. The van der Waals surface area contributed by atoms with E-state index in [-0.39, 0.29) is 0 Å². The average Bonchev–Trinajstić information content (AvgIpc) is 3.04. The summed E-state index contributed by atoms with van der Waals surface area (Å²) in [7, 11) is 2.07. The van der Waals surface area contributed by atoms with Crippen LogP contribution in [0.25, 0.3) is 0 Å². The second-order valence-corrected chi connectivity index (χ2v) is 8.71. The smallest absolute Gasteiger partial charge is 0.119 e. The molecular weight excluding hydrogens is 376 g/mol. The maximum Gasteiger partial charge on any atom is 0.119 e. The van der Waals surface area contributed by atoms with Crippen molar-refractivity contribution in [3.8, 4) is 5.75 Å². The molecule has 5 heteroatoms. The van der Waals surface area contributed by atoms with E-state index < -0.39 is 0 Å². The standard InChI is InChI=1S/C22H29ClN2OS/c1-17-14-25(12-11-18-5-4-6-20(23)13-18)15-19(17)16-26-22-9-7-21(8-10-22)24(2)27-3/h4-10,13,17,19H,11-12,14-16H2,1-3H3/t17?,19-/m1/s1. The summed E-state index contributed by atoms with van der Waals surface area (Å²) in [6, 6.07) is 16.6. The molecular formula is C22H29ClN2OS. The van der Waals surface area contributed by atoms with Crippen molar-refractivity contribution in [1.82, 2.24) is 4.90 Å². The minimum Gasteiger partial charge on any atom is -0.493 e. The van der Waals surface area contributed by atoms with Crippen LogP contribution >= 0.6 is 23.5 Å². The van der Waals surface area contributed by atoms with Crippen molar-refractivity contribution in [1.29, 1.82) is 0 Å². The molecule has 27 heavy (non-hydrogen) atoms. The minimum atomic E-state index is 0.581. The van der Waals surface area contributed by atoms with Gasteiger partial charge in [0.1, 0.15) is 5.75 Å². The van der Waals surface area contributed by atoms with Crippen LogP contribution in [0.5, 0.6) is 5.75 Å². The Hall–Kier alpha value is -1.36. The Bertz CT molecular complexity index is 725. The van der Waals surface area contributed by atoms with Gasteiger partial charge in [-0.25, -0.2) is 0 Å². The van der Waals surface area contributed by atoms with Crippen molar-refractivity contribution in [2.75, 3.05) is 43.8 Å². The van der Waals surface area contributed by atoms with Crippen molar-refractivity contribution in [3.05, 3.63) is 59.1 Å². The van der Waals surface area contributed by atoms with Gasteiger partial charge in [0.25, 0.3) is 0 Å². The fraction of sp³-hybridized carbons (Fsp3) is 0.455. The number of halogens is 1. The lowest BCUT2D eigenvalue weighted by Gasteiger charge is -2.18. The van der Waals surface area contributed by atoms with Gasteiger partial charge in [0.2, 0.25) is 0 Å².